The van der Waals surface area contributed by atoms with E-state index >= 15 is 0 Å². The highest BCUT2D eigenvalue weighted by atomic mass is 16.2. The smallest absolute Gasteiger partial charge is 0.255 e. The van der Waals surface area contributed by atoms with Crippen molar-refractivity contribution in [3.63, 3.8) is 0 Å². The third-order valence-electron chi connectivity index (χ3n) is 3.18. The van der Waals surface area contributed by atoms with Gasteiger partial charge in [-0.15, -0.1) is 0 Å². The topological polar surface area (TPSA) is 58.2 Å². The minimum atomic E-state index is -0.311. The molecule has 0 unspecified atom stereocenters. The fourth-order valence-electron chi connectivity index (χ4n) is 1.89. The van der Waals surface area contributed by atoms with E-state index in [0.29, 0.717) is 5.56 Å². The summed E-state index contributed by atoms with van der Waals surface area (Å²) in [5, 5.41) is 5.69. The Bertz CT molecular complexity index is 706. The molecule has 0 radical (unpaired) electrons. The molecule has 0 spiro atoms. The predicted molar refractivity (Wildman–Crippen MR) is 87.5 cm³/mol. The van der Waals surface area contributed by atoms with Crippen LogP contribution in [0.3, 0.4) is 0 Å². The molecule has 0 aliphatic carbocycles. The van der Waals surface area contributed by atoms with Crippen LogP contribution in [0, 0.1) is 6.92 Å². The van der Waals surface area contributed by atoms with Gasteiger partial charge in [0, 0.05) is 24.4 Å². The second-order valence-electron chi connectivity index (χ2n) is 4.89. The molecular formula is C18H18N2O2. The summed E-state index contributed by atoms with van der Waals surface area (Å²) in [4.78, 5) is 23.8. The molecular weight excluding hydrogens is 276 g/mol. The summed E-state index contributed by atoms with van der Waals surface area (Å²) >= 11 is 0. The van der Waals surface area contributed by atoms with Crippen molar-refractivity contribution >= 4 is 17.4 Å². The van der Waals surface area contributed by atoms with Crippen molar-refractivity contribution < 1.29 is 9.59 Å². The van der Waals surface area contributed by atoms with E-state index < -0.39 is 0 Å². The van der Waals surface area contributed by atoms with Gasteiger partial charge < -0.3 is 10.6 Å². The number of aryl methyl sites for hydroxylation is 1. The summed E-state index contributed by atoms with van der Waals surface area (Å²) < 4.78 is 0. The Balaban J connectivity index is 2.13. The lowest BCUT2D eigenvalue weighted by Crippen LogP contribution is -2.27. The Morgan fingerprint density at radius 1 is 0.955 bits per heavy atom. The van der Waals surface area contributed by atoms with Crippen molar-refractivity contribution in [2.75, 3.05) is 5.32 Å². The first-order valence-corrected chi connectivity index (χ1v) is 6.97. The van der Waals surface area contributed by atoms with Gasteiger partial charge in [-0.1, -0.05) is 36.4 Å². The number of Topliss-reactive ketones (excluding diaryl/α,β-unsaturated/α-hetero) is 1. The molecule has 2 aromatic rings. The summed E-state index contributed by atoms with van der Waals surface area (Å²) in [6.45, 7) is 3.38. The molecule has 0 atom stereocenters. The number of ketones is 1. The molecule has 0 aromatic heterocycles. The van der Waals surface area contributed by atoms with Gasteiger partial charge in [0.15, 0.2) is 5.78 Å². The molecule has 0 heterocycles. The molecule has 1 amide bonds. The highest BCUT2D eigenvalue weighted by Gasteiger charge is 2.10. The van der Waals surface area contributed by atoms with Crippen LogP contribution in [-0.2, 0) is 4.79 Å². The Morgan fingerprint density at radius 3 is 2.23 bits per heavy atom. The van der Waals surface area contributed by atoms with Gasteiger partial charge in [-0.25, -0.2) is 0 Å². The van der Waals surface area contributed by atoms with E-state index in [4.69, 9.17) is 0 Å². The van der Waals surface area contributed by atoms with Crippen molar-refractivity contribution in [3.05, 3.63) is 77.6 Å². The summed E-state index contributed by atoms with van der Waals surface area (Å²) in [7, 11) is 0. The molecule has 2 N–H and O–H groups in total. The zero-order valence-electron chi connectivity index (χ0n) is 12.6. The van der Waals surface area contributed by atoms with Gasteiger partial charge in [0.05, 0.1) is 0 Å². The number of anilines is 1. The molecule has 0 bridgehead atoms. The minimum absolute atomic E-state index is 0.217. The number of amides is 1. The molecule has 2 rings (SSSR count). The standard InChI is InChI=1S/C18H18N2O2/c1-13-8-6-7-11-16(13)19-12-17(14(2)21)20-18(22)15-9-4-3-5-10-15/h3-12,19H,1-2H3,(H,20,22)/b17-12-. The van der Waals surface area contributed by atoms with Crippen LogP contribution in [-0.4, -0.2) is 11.7 Å². The second-order valence-corrected chi connectivity index (χ2v) is 4.89. The van der Waals surface area contributed by atoms with E-state index in [9.17, 15) is 9.59 Å². The lowest BCUT2D eigenvalue weighted by molar-refractivity contribution is -0.113. The molecule has 2 aromatic carbocycles. The molecule has 112 valence electrons. The number of nitrogens with one attached hydrogen (secondary N) is 2. The van der Waals surface area contributed by atoms with E-state index in [0.717, 1.165) is 11.3 Å². The van der Waals surface area contributed by atoms with Gasteiger partial charge in [0.1, 0.15) is 5.70 Å². The molecule has 0 aliphatic rings. The van der Waals surface area contributed by atoms with Gasteiger partial charge in [-0.3, -0.25) is 9.59 Å². The fraction of sp³-hybridized carbons (Fsp3) is 0.111. The van der Waals surface area contributed by atoms with E-state index in [1.165, 1.54) is 13.1 Å². The Hall–Kier alpha value is -2.88. The van der Waals surface area contributed by atoms with Crippen LogP contribution in [0.25, 0.3) is 0 Å². The molecule has 0 fully saturated rings. The van der Waals surface area contributed by atoms with E-state index in [1.54, 1.807) is 24.3 Å². The number of allylic oxidation sites excluding steroid dienone is 1. The number of benzene rings is 2. The van der Waals surface area contributed by atoms with Crippen LogP contribution in [0.1, 0.15) is 22.8 Å². The molecule has 0 aliphatic heterocycles. The maximum atomic E-state index is 12.1. The Morgan fingerprint density at radius 2 is 1.59 bits per heavy atom. The van der Waals surface area contributed by atoms with Crippen LogP contribution >= 0.6 is 0 Å². The summed E-state index contributed by atoms with van der Waals surface area (Å²) in [6, 6.07) is 16.5. The third-order valence-corrected chi connectivity index (χ3v) is 3.18. The number of carbonyl (C=O) groups excluding carboxylic acids is 2. The molecule has 4 heteroatoms. The van der Waals surface area contributed by atoms with Gasteiger partial charge in [-0.2, -0.15) is 0 Å². The molecule has 4 nitrogen and oxygen atoms in total. The average molecular weight is 294 g/mol. The van der Waals surface area contributed by atoms with Gasteiger partial charge in [0.2, 0.25) is 0 Å². The van der Waals surface area contributed by atoms with Crippen molar-refractivity contribution in [3.8, 4) is 0 Å². The normalized spacial score (nSPS) is 10.9. The highest BCUT2D eigenvalue weighted by molar-refractivity contribution is 6.02. The van der Waals surface area contributed by atoms with Gasteiger partial charge in [0.25, 0.3) is 5.91 Å². The average Bonchev–Trinajstić information content (AvgIpc) is 2.53. The lowest BCUT2D eigenvalue weighted by Gasteiger charge is -2.09. The number of hydrogen-bond acceptors (Lipinski definition) is 3. The quantitative estimate of drug-likeness (QED) is 0.832. The van der Waals surface area contributed by atoms with Gasteiger partial charge in [-0.05, 0) is 30.7 Å². The van der Waals surface area contributed by atoms with Crippen LogP contribution in [0.15, 0.2) is 66.5 Å². The van der Waals surface area contributed by atoms with Gasteiger partial charge >= 0.3 is 0 Å². The van der Waals surface area contributed by atoms with Crippen molar-refractivity contribution in [1.82, 2.24) is 5.32 Å². The zero-order valence-corrected chi connectivity index (χ0v) is 12.6. The van der Waals surface area contributed by atoms with Crippen LogP contribution in [0.2, 0.25) is 0 Å². The van der Waals surface area contributed by atoms with E-state index in [2.05, 4.69) is 10.6 Å². The largest absolute Gasteiger partial charge is 0.359 e. The van der Waals surface area contributed by atoms with E-state index in [1.807, 2.05) is 37.3 Å². The first-order chi connectivity index (χ1) is 10.6. The Kier molecular flexibility index (Phi) is 5.09. The summed E-state index contributed by atoms with van der Waals surface area (Å²) in [5.74, 6) is -0.529. The first-order valence-electron chi connectivity index (χ1n) is 6.97. The number of carbonyl (C=O) groups is 2. The third kappa shape index (κ3) is 4.06. The van der Waals surface area contributed by atoms with E-state index in [-0.39, 0.29) is 17.4 Å². The zero-order chi connectivity index (χ0) is 15.9. The molecule has 0 saturated heterocycles. The van der Waals surface area contributed by atoms with Crippen LogP contribution < -0.4 is 10.6 Å². The molecule has 22 heavy (non-hydrogen) atoms. The molecule has 0 saturated carbocycles. The lowest BCUT2D eigenvalue weighted by atomic mass is 10.2. The second kappa shape index (κ2) is 7.22. The van der Waals surface area contributed by atoms with Crippen molar-refractivity contribution in [2.24, 2.45) is 0 Å². The number of hydrogen-bond donors (Lipinski definition) is 2. The minimum Gasteiger partial charge on any atom is -0.359 e. The van der Waals surface area contributed by atoms with Crippen LogP contribution in [0.4, 0.5) is 5.69 Å². The maximum absolute atomic E-state index is 12.1. The maximum Gasteiger partial charge on any atom is 0.255 e. The summed E-state index contributed by atoms with van der Waals surface area (Å²) in [5.41, 5.74) is 2.66. The number of rotatable bonds is 5. The Labute approximate surface area is 129 Å². The first kappa shape index (κ1) is 15.5. The van der Waals surface area contributed by atoms with Crippen molar-refractivity contribution in [2.45, 2.75) is 13.8 Å². The fourth-order valence-corrected chi connectivity index (χ4v) is 1.89. The summed E-state index contributed by atoms with van der Waals surface area (Å²) in [6.07, 6.45) is 1.52. The van der Waals surface area contributed by atoms with Crippen LogP contribution in [0.5, 0.6) is 0 Å². The monoisotopic (exact) mass is 294 g/mol. The highest BCUT2D eigenvalue weighted by Crippen LogP contribution is 2.13. The SMILES string of the molecule is CC(=O)/C(=C/Nc1ccccc1C)NC(=O)c1ccccc1. The predicted octanol–water partition coefficient (Wildman–Crippen LogP) is 3.27. The number of para-hydroxylation sites is 1. The van der Waals surface area contributed by atoms with Crippen molar-refractivity contribution in [1.29, 1.82) is 0 Å².